The zero-order valence-electron chi connectivity index (χ0n) is 16.0. The molecule has 0 unspecified atom stereocenters. The zero-order chi connectivity index (χ0) is 19.9. The van der Waals surface area contributed by atoms with E-state index in [2.05, 4.69) is 16.8 Å². The van der Waals surface area contributed by atoms with Crippen molar-refractivity contribution in [2.75, 3.05) is 37.2 Å². The SMILES string of the molecule is C=C(C)N1CCC2(C1)CN(C(=O)Nc1cc(-c3ccc(F)cc3)ccc1N)C2. The highest BCUT2D eigenvalue weighted by atomic mass is 19.1. The minimum Gasteiger partial charge on any atom is -0.397 e. The maximum atomic E-state index is 13.2. The van der Waals surface area contributed by atoms with E-state index in [0.717, 1.165) is 49.4 Å². The fourth-order valence-electron chi connectivity index (χ4n) is 4.11. The van der Waals surface area contributed by atoms with Crippen LogP contribution in [0.3, 0.4) is 0 Å². The Morgan fingerprint density at radius 3 is 2.39 bits per heavy atom. The minimum absolute atomic E-state index is 0.137. The molecule has 2 aliphatic heterocycles. The van der Waals surface area contributed by atoms with Crippen molar-refractivity contribution in [3.8, 4) is 11.1 Å². The van der Waals surface area contributed by atoms with Gasteiger partial charge >= 0.3 is 6.03 Å². The lowest BCUT2D eigenvalue weighted by Gasteiger charge is -2.47. The Hall–Kier alpha value is -3.02. The standard InChI is InChI=1S/C22H25FN4O/c1-15(2)26-10-9-22(12-26)13-27(14-22)21(28)25-20-11-17(5-8-19(20)24)16-3-6-18(23)7-4-16/h3-8,11H,1,9-10,12-14,24H2,2H3,(H,25,28). The first-order chi connectivity index (χ1) is 13.3. The molecule has 2 fully saturated rings. The second-order valence-corrected chi connectivity index (χ2v) is 8.00. The first kappa shape index (κ1) is 18.3. The third-order valence-electron chi connectivity index (χ3n) is 5.79. The van der Waals surface area contributed by atoms with Gasteiger partial charge in [-0.15, -0.1) is 0 Å². The third-order valence-corrected chi connectivity index (χ3v) is 5.79. The summed E-state index contributed by atoms with van der Waals surface area (Å²) in [5, 5.41) is 2.93. The van der Waals surface area contributed by atoms with Crippen molar-refractivity contribution in [2.24, 2.45) is 5.41 Å². The van der Waals surface area contributed by atoms with Gasteiger partial charge in [0.1, 0.15) is 5.82 Å². The molecule has 5 nitrogen and oxygen atoms in total. The molecule has 0 aliphatic carbocycles. The van der Waals surface area contributed by atoms with Crippen LogP contribution in [-0.2, 0) is 0 Å². The van der Waals surface area contributed by atoms with Crippen LogP contribution in [0.15, 0.2) is 54.7 Å². The molecule has 0 bridgehead atoms. The van der Waals surface area contributed by atoms with Gasteiger partial charge in [0, 0.05) is 37.3 Å². The van der Waals surface area contributed by atoms with Gasteiger partial charge in [0.05, 0.1) is 11.4 Å². The van der Waals surface area contributed by atoms with Crippen molar-refractivity contribution >= 4 is 17.4 Å². The fourth-order valence-corrected chi connectivity index (χ4v) is 4.11. The Bertz CT molecular complexity index is 919. The predicted molar refractivity (Wildman–Crippen MR) is 110 cm³/mol. The first-order valence-electron chi connectivity index (χ1n) is 9.47. The number of benzene rings is 2. The monoisotopic (exact) mass is 380 g/mol. The van der Waals surface area contributed by atoms with Crippen LogP contribution >= 0.6 is 0 Å². The third kappa shape index (κ3) is 3.42. The fraction of sp³-hybridized carbons (Fsp3) is 0.318. The van der Waals surface area contributed by atoms with Gasteiger partial charge in [-0.3, -0.25) is 0 Å². The molecule has 146 valence electrons. The molecule has 2 saturated heterocycles. The summed E-state index contributed by atoms with van der Waals surface area (Å²) in [4.78, 5) is 16.8. The average molecular weight is 380 g/mol. The highest BCUT2D eigenvalue weighted by molar-refractivity contribution is 5.94. The van der Waals surface area contributed by atoms with Crippen LogP contribution in [0.2, 0.25) is 0 Å². The van der Waals surface area contributed by atoms with E-state index in [4.69, 9.17) is 5.73 Å². The van der Waals surface area contributed by atoms with Crippen LogP contribution in [0.5, 0.6) is 0 Å². The van der Waals surface area contributed by atoms with Crippen LogP contribution in [0.4, 0.5) is 20.6 Å². The van der Waals surface area contributed by atoms with E-state index < -0.39 is 0 Å². The molecule has 0 saturated carbocycles. The van der Waals surface area contributed by atoms with E-state index in [9.17, 15) is 9.18 Å². The summed E-state index contributed by atoms with van der Waals surface area (Å²) in [7, 11) is 0. The molecule has 2 heterocycles. The number of nitrogens with one attached hydrogen (secondary N) is 1. The predicted octanol–water partition coefficient (Wildman–Crippen LogP) is 4.15. The molecule has 0 aromatic heterocycles. The van der Waals surface area contributed by atoms with Crippen molar-refractivity contribution < 1.29 is 9.18 Å². The Balaban J connectivity index is 1.42. The smallest absolute Gasteiger partial charge is 0.321 e. The number of hydrogen-bond donors (Lipinski definition) is 2. The molecule has 28 heavy (non-hydrogen) atoms. The minimum atomic E-state index is -0.281. The molecule has 0 atom stereocenters. The number of nitrogens with zero attached hydrogens (tertiary/aromatic N) is 2. The van der Waals surface area contributed by atoms with Gasteiger partial charge in [0.2, 0.25) is 0 Å². The van der Waals surface area contributed by atoms with Gasteiger partial charge in [-0.2, -0.15) is 0 Å². The van der Waals surface area contributed by atoms with Gasteiger partial charge in [0.15, 0.2) is 0 Å². The molecule has 6 heteroatoms. The van der Waals surface area contributed by atoms with Crippen LogP contribution in [0, 0.1) is 11.2 Å². The van der Waals surface area contributed by atoms with E-state index in [-0.39, 0.29) is 17.3 Å². The summed E-state index contributed by atoms with van der Waals surface area (Å²) in [6, 6.07) is 11.6. The van der Waals surface area contributed by atoms with E-state index >= 15 is 0 Å². The number of nitrogen functional groups attached to an aromatic ring is 1. The number of anilines is 2. The summed E-state index contributed by atoms with van der Waals surface area (Å²) in [6.45, 7) is 9.52. The summed E-state index contributed by atoms with van der Waals surface area (Å²) in [5.41, 5.74) is 10.2. The summed E-state index contributed by atoms with van der Waals surface area (Å²) >= 11 is 0. The maximum absolute atomic E-state index is 13.2. The molecule has 2 aromatic carbocycles. The molecule has 2 aromatic rings. The lowest BCUT2D eigenvalue weighted by atomic mass is 9.79. The maximum Gasteiger partial charge on any atom is 0.321 e. The topological polar surface area (TPSA) is 61.6 Å². The molecule has 3 N–H and O–H groups in total. The van der Waals surface area contributed by atoms with Gasteiger partial charge in [0.25, 0.3) is 0 Å². The highest BCUT2D eigenvalue weighted by Gasteiger charge is 2.49. The number of urea groups is 1. The van der Waals surface area contributed by atoms with Crippen molar-refractivity contribution in [3.63, 3.8) is 0 Å². The Morgan fingerprint density at radius 1 is 1.11 bits per heavy atom. The van der Waals surface area contributed by atoms with Crippen LogP contribution in [0.1, 0.15) is 13.3 Å². The van der Waals surface area contributed by atoms with E-state index in [1.165, 1.54) is 12.1 Å². The molecule has 4 rings (SSSR count). The molecule has 0 radical (unpaired) electrons. The lowest BCUT2D eigenvalue weighted by molar-refractivity contribution is 0.0471. The van der Waals surface area contributed by atoms with Gasteiger partial charge < -0.3 is 20.9 Å². The number of likely N-dealkylation sites (tertiary alicyclic amines) is 2. The summed E-state index contributed by atoms with van der Waals surface area (Å²) in [5.74, 6) is -0.281. The normalized spacial score (nSPS) is 17.5. The highest BCUT2D eigenvalue weighted by Crippen LogP contribution is 2.41. The van der Waals surface area contributed by atoms with Gasteiger partial charge in [-0.1, -0.05) is 24.8 Å². The average Bonchev–Trinajstić information content (AvgIpc) is 3.09. The molecular formula is C22H25FN4O. The number of carbonyl (C=O) groups excluding carboxylic acids is 1. The zero-order valence-corrected chi connectivity index (χ0v) is 16.0. The molecule has 1 spiro atoms. The van der Waals surface area contributed by atoms with Crippen molar-refractivity contribution in [1.29, 1.82) is 0 Å². The van der Waals surface area contributed by atoms with Crippen molar-refractivity contribution in [2.45, 2.75) is 13.3 Å². The number of carbonyl (C=O) groups is 1. The van der Waals surface area contributed by atoms with Gasteiger partial charge in [-0.05, 0) is 48.7 Å². The second-order valence-electron chi connectivity index (χ2n) is 8.00. The van der Waals surface area contributed by atoms with E-state index in [0.29, 0.717) is 11.4 Å². The molecule has 2 aliphatic rings. The number of allylic oxidation sites excluding steroid dienone is 1. The number of nitrogens with two attached hydrogens (primary N) is 1. The number of hydrogen-bond acceptors (Lipinski definition) is 3. The van der Waals surface area contributed by atoms with Crippen LogP contribution in [-0.4, -0.2) is 42.0 Å². The number of amides is 2. The molecular weight excluding hydrogens is 355 g/mol. The van der Waals surface area contributed by atoms with Crippen molar-refractivity contribution in [3.05, 3.63) is 60.6 Å². The quantitative estimate of drug-likeness (QED) is 0.787. The Kier molecular flexibility index (Phi) is 4.49. The first-order valence-corrected chi connectivity index (χ1v) is 9.47. The Morgan fingerprint density at radius 2 is 1.75 bits per heavy atom. The lowest BCUT2D eigenvalue weighted by Crippen LogP contribution is -2.60. The van der Waals surface area contributed by atoms with Crippen molar-refractivity contribution in [1.82, 2.24) is 9.80 Å². The van der Waals surface area contributed by atoms with E-state index in [1.54, 1.807) is 18.2 Å². The van der Waals surface area contributed by atoms with Crippen LogP contribution < -0.4 is 11.1 Å². The van der Waals surface area contributed by atoms with Gasteiger partial charge in [-0.25, -0.2) is 9.18 Å². The summed E-state index contributed by atoms with van der Waals surface area (Å²) in [6.07, 6.45) is 1.09. The molecule has 2 amide bonds. The van der Waals surface area contributed by atoms with Crippen LogP contribution in [0.25, 0.3) is 11.1 Å². The second kappa shape index (κ2) is 6.86. The number of halogens is 1. The Labute approximate surface area is 164 Å². The van der Waals surface area contributed by atoms with E-state index in [1.807, 2.05) is 24.0 Å². The number of rotatable bonds is 3. The largest absolute Gasteiger partial charge is 0.397 e. The summed E-state index contributed by atoms with van der Waals surface area (Å²) < 4.78 is 13.2.